The van der Waals surface area contributed by atoms with Gasteiger partial charge in [0.2, 0.25) is 5.91 Å². The van der Waals surface area contributed by atoms with Crippen molar-refractivity contribution >= 4 is 38.3 Å². The van der Waals surface area contributed by atoms with Gasteiger partial charge in [0.05, 0.1) is 15.9 Å². The lowest BCUT2D eigenvalue weighted by Crippen LogP contribution is -2.21. The van der Waals surface area contributed by atoms with Crippen molar-refractivity contribution in [3.8, 4) is 0 Å². The number of nitrogens with one attached hydrogen (secondary N) is 1. The molecule has 0 aliphatic carbocycles. The van der Waals surface area contributed by atoms with E-state index in [1.54, 1.807) is 12.4 Å². The van der Waals surface area contributed by atoms with Gasteiger partial charge in [-0.3, -0.25) is 9.78 Å². The van der Waals surface area contributed by atoms with Gasteiger partial charge in [-0.2, -0.15) is 0 Å². The fourth-order valence-corrected chi connectivity index (χ4v) is 3.14. The Kier molecular flexibility index (Phi) is 5.25. The van der Waals surface area contributed by atoms with Crippen LogP contribution in [0.5, 0.6) is 0 Å². The molecule has 0 radical (unpaired) electrons. The summed E-state index contributed by atoms with van der Waals surface area (Å²) in [5, 5.41) is 3.50. The van der Waals surface area contributed by atoms with E-state index in [1.165, 1.54) is 11.3 Å². The van der Waals surface area contributed by atoms with Crippen molar-refractivity contribution < 1.29 is 4.79 Å². The lowest BCUT2D eigenvalue weighted by Gasteiger charge is -2.15. The van der Waals surface area contributed by atoms with Crippen molar-refractivity contribution in [1.82, 2.24) is 9.97 Å². The third-order valence-corrected chi connectivity index (χ3v) is 4.32. The Hall–Kier alpha value is -1.27. The van der Waals surface area contributed by atoms with E-state index in [0.717, 1.165) is 27.9 Å². The van der Waals surface area contributed by atoms with Gasteiger partial charge in [0.15, 0.2) is 5.13 Å². The predicted octanol–water partition coefficient (Wildman–Crippen LogP) is 4.13. The average Bonchev–Trinajstić information content (AvgIpc) is 2.81. The van der Waals surface area contributed by atoms with Gasteiger partial charge in [-0.15, -0.1) is 0 Å². The smallest absolute Gasteiger partial charge is 0.233 e. The van der Waals surface area contributed by atoms with Crippen molar-refractivity contribution in [2.24, 2.45) is 0 Å². The molecular weight excluding hydrogens is 338 g/mol. The average molecular weight is 354 g/mol. The zero-order valence-electron chi connectivity index (χ0n) is 11.4. The van der Waals surface area contributed by atoms with Crippen LogP contribution >= 0.6 is 27.3 Å². The number of amides is 1. The zero-order valence-corrected chi connectivity index (χ0v) is 13.8. The minimum atomic E-state index is -0.163. The number of aryl methyl sites for hydroxylation is 1. The fraction of sp³-hybridized carbons (Fsp3) is 0.357. The van der Waals surface area contributed by atoms with Gasteiger partial charge in [0.25, 0.3) is 0 Å². The van der Waals surface area contributed by atoms with Crippen LogP contribution in [0, 0.1) is 6.92 Å². The molecule has 2 heterocycles. The number of aromatic nitrogens is 2. The van der Waals surface area contributed by atoms with Crippen LogP contribution in [0.3, 0.4) is 0 Å². The molecule has 0 aliphatic heterocycles. The molecule has 0 saturated heterocycles. The lowest BCUT2D eigenvalue weighted by atomic mass is 9.94. The summed E-state index contributed by atoms with van der Waals surface area (Å²) in [6.45, 7) is 4.01. The Bertz CT molecular complexity index is 600. The normalized spacial score (nSPS) is 12.2. The molecule has 20 heavy (non-hydrogen) atoms. The second-order valence-corrected chi connectivity index (χ2v) is 6.94. The highest BCUT2D eigenvalue weighted by Crippen LogP contribution is 2.27. The van der Waals surface area contributed by atoms with Crippen LogP contribution in [-0.4, -0.2) is 15.9 Å². The fourth-order valence-electron chi connectivity index (χ4n) is 2.03. The van der Waals surface area contributed by atoms with Crippen LogP contribution in [0.4, 0.5) is 5.13 Å². The van der Waals surface area contributed by atoms with Crippen molar-refractivity contribution in [3.05, 3.63) is 39.6 Å². The van der Waals surface area contributed by atoms with E-state index in [2.05, 4.69) is 38.1 Å². The first-order valence-electron chi connectivity index (χ1n) is 6.45. The van der Waals surface area contributed by atoms with Crippen LogP contribution in [0.25, 0.3) is 0 Å². The van der Waals surface area contributed by atoms with E-state index in [-0.39, 0.29) is 11.8 Å². The van der Waals surface area contributed by atoms with E-state index in [0.29, 0.717) is 5.13 Å². The molecule has 0 fully saturated rings. The van der Waals surface area contributed by atoms with Crippen LogP contribution in [-0.2, 0) is 4.79 Å². The third-order valence-electron chi connectivity index (χ3n) is 2.92. The summed E-state index contributed by atoms with van der Waals surface area (Å²) in [6.07, 6.45) is 5.19. The standard InChI is InChI=1S/C14H16BrN3OS/c1-3-4-11(10-5-6-16-9(2)7-10)13(19)18-14-17-8-12(15)20-14/h5-8,11H,3-4H2,1-2H3,(H,17,18,19). The number of rotatable bonds is 5. The van der Waals surface area contributed by atoms with E-state index >= 15 is 0 Å². The van der Waals surface area contributed by atoms with Crippen LogP contribution in [0.2, 0.25) is 0 Å². The number of nitrogens with zero attached hydrogens (tertiary/aromatic N) is 2. The molecule has 0 aromatic carbocycles. The monoisotopic (exact) mass is 353 g/mol. The molecule has 4 nitrogen and oxygen atoms in total. The Balaban J connectivity index is 2.17. The molecule has 2 rings (SSSR count). The van der Waals surface area contributed by atoms with Crippen molar-refractivity contribution in [2.45, 2.75) is 32.6 Å². The molecule has 1 atom stereocenters. The lowest BCUT2D eigenvalue weighted by molar-refractivity contribution is -0.117. The molecule has 0 aliphatic rings. The summed E-state index contributed by atoms with van der Waals surface area (Å²) >= 11 is 4.75. The van der Waals surface area contributed by atoms with Crippen LogP contribution in [0.15, 0.2) is 28.3 Å². The van der Waals surface area contributed by atoms with Crippen LogP contribution in [0.1, 0.15) is 36.9 Å². The number of hydrogen-bond donors (Lipinski definition) is 1. The molecule has 106 valence electrons. The summed E-state index contributed by atoms with van der Waals surface area (Å²) in [4.78, 5) is 20.8. The number of carbonyl (C=O) groups is 1. The van der Waals surface area contributed by atoms with E-state index in [1.807, 2.05) is 19.1 Å². The van der Waals surface area contributed by atoms with Crippen molar-refractivity contribution in [3.63, 3.8) is 0 Å². The molecule has 1 amide bonds. The van der Waals surface area contributed by atoms with Crippen molar-refractivity contribution in [2.75, 3.05) is 5.32 Å². The van der Waals surface area contributed by atoms with Gasteiger partial charge in [0, 0.05) is 11.9 Å². The summed E-state index contributed by atoms with van der Waals surface area (Å²) < 4.78 is 0.902. The van der Waals surface area contributed by atoms with E-state index in [4.69, 9.17) is 0 Å². The maximum absolute atomic E-state index is 12.4. The molecule has 0 spiro atoms. The van der Waals surface area contributed by atoms with Gasteiger partial charge in [-0.25, -0.2) is 4.98 Å². The molecule has 1 N–H and O–H groups in total. The second-order valence-electron chi connectivity index (χ2n) is 4.53. The van der Waals surface area contributed by atoms with Crippen LogP contribution < -0.4 is 5.32 Å². The Morgan fingerprint density at radius 2 is 2.30 bits per heavy atom. The highest BCUT2D eigenvalue weighted by atomic mass is 79.9. The summed E-state index contributed by atoms with van der Waals surface area (Å²) in [7, 11) is 0. The number of pyridine rings is 1. The summed E-state index contributed by atoms with van der Waals surface area (Å²) in [6, 6.07) is 3.88. The first-order chi connectivity index (χ1) is 9.60. The second kappa shape index (κ2) is 6.95. The summed E-state index contributed by atoms with van der Waals surface area (Å²) in [5.74, 6) is -0.177. The minimum Gasteiger partial charge on any atom is -0.301 e. The van der Waals surface area contributed by atoms with E-state index < -0.39 is 0 Å². The maximum Gasteiger partial charge on any atom is 0.233 e. The van der Waals surface area contributed by atoms with Gasteiger partial charge in [-0.05, 0) is 47.0 Å². The Labute approximate surface area is 130 Å². The van der Waals surface area contributed by atoms with Gasteiger partial charge >= 0.3 is 0 Å². The highest BCUT2D eigenvalue weighted by Gasteiger charge is 2.21. The number of hydrogen-bond acceptors (Lipinski definition) is 4. The third kappa shape index (κ3) is 3.86. The predicted molar refractivity (Wildman–Crippen MR) is 85.1 cm³/mol. The Morgan fingerprint density at radius 3 is 2.90 bits per heavy atom. The number of anilines is 1. The quantitative estimate of drug-likeness (QED) is 0.878. The van der Waals surface area contributed by atoms with E-state index in [9.17, 15) is 4.79 Å². The molecular formula is C14H16BrN3OS. The van der Waals surface area contributed by atoms with Gasteiger partial charge in [0.1, 0.15) is 0 Å². The van der Waals surface area contributed by atoms with Gasteiger partial charge < -0.3 is 5.32 Å². The molecule has 2 aromatic heterocycles. The molecule has 0 bridgehead atoms. The molecule has 6 heteroatoms. The molecule has 0 saturated carbocycles. The number of thiazole rings is 1. The minimum absolute atomic E-state index is 0.0145. The highest BCUT2D eigenvalue weighted by molar-refractivity contribution is 9.11. The number of halogens is 1. The van der Waals surface area contributed by atoms with Gasteiger partial charge in [-0.1, -0.05) is 24.7 Å². The Morgan fingerprint density at radius 1 is 1.50 bits per heavy atom. The van der Waals surface area contributed by atoms with Crippen molar-refractivity contribution in [1.29, 1.82) is 0 Å². The largest absolute Gasteiger partial charge is 0.301 e. The summed E-state index contributed by atoms with van der Waals surface area (Å²) in [5.41, 5.74) is 1.93. The topological polar surface area (TPSA) is 54.9 Å². The number of carbonyl (C=O) groups excluding carboxylic acids is 1. The zero-order chi connectivity index (χ0) is 14.5. The molecule has 1 unspecified atom stereocenters. The first kappa shape index (κ1) is 15.1. The maximum atomic E-state index is 12.4. The first-order valence-corrected chi connectivity index (χ1v) is 8.06. The SMILES string of the molecule is CCCC(C(=O)Nc1ncc(Br)s1)c1ccnc(C)c1. The molecule has 2 aromatic rings.